The molecule has 1 aliphatic heterocycles. The van der Waals surface area contributed by atoms with Gasteiger partial charge >= 0.3 is 0 Å². The van der Waals surface area contributed by atoms with Crippen LogP contribution in [-0.4, -0.2) is 42.7 Å². The lowest BCUT2D eigenvalue weighted by molar-refractivity contribution is -0.103. The minimum absolute atomic E-state index is 0.468. The van der Waals surface area contributed by atoms with Crippen LogP contribution in [0, 0.1) is 11.3 Å². The molecule has 1 rings (SSSR count). The number of alkyl halides is 2. The van der Waals surface area contributed by atoms with Crippen LogP contribution in [0.1, 0.15) is 20.3 Å². The van der Waals surface area contributed by atoms with E-state index in [1.54, 1.807) is 13.8 Å². The zero-order valence-electron chi connectivity index (χ0n) is 9.00. The van der Waals surface area contributed by atoms with E-state index in [2.05, 4.69) is 0 Å². The molecular weight excluding hydrogens is 188 g/mol. The fourth-order valence-corrected chi connectivity index (χ4v) is 2.32. The topological polar surface area (TPSA) is 23.5 Å². The molecule has 0 radical (unpaired) electrons. The Labute approximate surface area is 83.9 Å². The lowest BCUT2D eigenvalue weighted by Gasteiger charge is -2.46. The van der Waals surface area contributed by atoms with Crippen LogP contribution in [-0.2, 0) is 0 Å². The van der Waals surface area contributed by atoms with Gasteiger partial charge in [0.15, 0.2) is 0 Å². The maximum Gasteiger partial charge on any atom is 0.242 e. The number of piperidine rings is 1. The normalized spacial score (nSPS) is 37.5. The summed E-state index contributed by atoms with van der Waals surface area (Å²) in [5, 5.41) is 9.61. The zero-order chi connectivity index (χ0) is 10.9. The maximum absolute atomic E-state index is 12.8. The molecule has 0 aromatic heterocycles. The number of aliphatic hydroxyl groups excluding tert-OH is 1. The van der Waals surface area contributed by atoms with E-state index in [4.69, 9.17) is 0 Å². The van der Waals surface area contributed by atoms with Gasteiger partial charge in [-0.05, 0) is 26.9 Å². The van der Waals surface area contributed by atoms with Crippen molar-refractivity contribution in [2.75, 3.05) is 20.1 Å². The number of hydrogen-bond acceptors (Lipinski definition) is 2. The molecule has 0 aliphatic carbocycles. The smallest absolute Gasteiger partial charge is 0.242 e. The molecule has 3 atom stereocenters. The molecule has 0 bridgehead atoms. The average molecular weight is 207 g/mol. The average Bonchev–Trinajstić information content (AvgIpc) is 2.02. The SMILES string of the molecule is CC(O)[C@]1(C)CN(C)CC[C@@H]1C(F)F. The third-order valence-electron chi connectivity index (χ3n) is 3.54. The predicted octanol–water partition coefficient (Wildman–Crippen LogP) is 1.59. The lowest BCUT2D eigenvalue weighted by atomic mass is 9.69. The number of hydrogen-bond donors (Lipinski definition) is 1. The molecule has 0 aromatic rings. The van der Waals surface area contributed by atoms with Crippen LogP contribution in [0.15, 0.2) is 0 Å². The Bertz CT molecular complexity index is 199. The minimum atomic E-state index is -2.33. The van der Waals surface area contributed by atoms with Gasteiger partial charge < -0.3 is 10.0 Å². The molecule has 0 spiro atoms. The van der Waals surface area contributed by atoms with E-state index in [1.165, 1.54) is 0 Å². The van der Waals surface area contributed by atoms with Crippen molar-refractivity contribution in [3.63, 3.8) is 0 Å². The summed E-state index contributed by atoms with van der Waals surface area (Å²) >= 11 is 0. The van der Waals surface area contributed by atoms with Crippen molar-refractivity contribution < 1.29 is 13.9 Å². The molecule has 2 nitrogen and oxygen atoms in total. The van der Waals surface area contributed by atoms with Crippen molar-refractivity contribution in [2.24, 2.45) is 11.3 Å². The lowest BCUT2D eigenvalue weighted by Crippen LogP contribution is -2.53. The van der Waals surface area contributed by atoms with E-state index in [0.717, 1.165) is 0 Å². The van der Waals surface area contributed by atoms with Crippen molar-refractivity contribution in [3.8, 4) is 0 Å². The van der Waals surface area contributed by atoms with Crippen molar-refractivity contribution >= 4 is 0 Å². The van der Waals surface area contributed by atoms with Crippen LogP contribution in [0.4, 0.5) is 8.78 Å². The Morgan fingerprint density at radius 1 is 1.50 bits per heavy atom. The first-order valence-electron chi connectivity index (χ1n) is 5.02. The summed E-state index contributed by atoms with van der Waals surface area (Å²) in [6.07, 6.45) is -2.55. The summed E-state index contributed by atoms with van der Waals surface area (Å²) in [6, 6.07) is 0. The van der Waals surface area contributed by atoms with E-state index in [9.17, 15) is 13.9 Å². The molecule has 1 aliphatic rings. The Balaban J connectivity index is 2.83. The molecule has 1 unspecified atom stereocenters. The Morgan fingerprint density at radius 2 is 2.07 bits per heavy atom. The summed E-state index contributed by atoms with van der Waals surface area (Å²) in [5.41, 5.74) is -0.679. The van der Waals surface area contributed by atoms with Crippen LogP contribution >= 0.6 is 0 Å². The number of aliphatic hydroxyl groups is 1. The number of rotatable bonds is 2. The summed E-state index contributed by atoms with van der Waals surface area (Å²) in [7, 11) is 1.91. The van der Waals surface area contributed by atoms with E-state index in [0.29, 0.717) is 19.5 Å². The standard InChI is InChI=1S/C10H19F2NO/c1-7(14)10(2)6-13(3)5-4-8(10)9(11)12/h7-9,14H,4-6H2,1-3H3/t7?,8-,10+/m1/s1. The zero-order valence-corrected chi connectivity index (χ0v) is 9.00. The molecule has 1 heterocycles. The molecule has 1 N–H and O–H groups in total. The van der Waals surface area contributed by atoms with Gasteiger partial charge in [-0.2, -0.15) is 0 Å². The Morgan fingerprint density at radius 3 is 2.50 bits per heavy atom. The Hall–Kier alpha value is -0.220. The summed E-state index contributed by atoms with van der Waals surface area (Å²) in [4.78, 5) is 2.01. The first-order chi connectivity index (χ1) is 6.38. The first-order valence-corrected chi connectivity index (χ1v) is 5.02. The maximum atomic E-state index is 12.8. The number of halogens is 2. The van der Waals surface area contributed by atoms with E-state index in [-0.39, 0.29) is 0 Å². The first kappa shape index (κ1) is 11.9. The summed E-state index contributed by atoms with van der Waals surface area (Å²) in [6.45, 7) is 4.59. The molecule has 14 heavy (non-hydrogen) atoms. The quantitative estimate of drug-likeness (QED) is 0.743. The molecule has 4 heteroatoms. The largest absolute Gasteiger partial charge is 0.393 e. The van der Waals surface area contributed by atoms with Crippen LogP contribution in [0.5, 0.6) is 0 Å². The fraction of sp³-hybridized carbons (Fsp3) is 1.00. The highest BCUT2D eigenvalue weighted by molar-refractivity contribution is 4.93. The van der Waals surface area contributed by atoms with E-state index in [1.807, 2.05) is 11.9 Å². The van der Waals surface area contributed by atoms with Gasteiger partial charge in [-0.15, -0.1) is 0 Å². The van der Waals surface area contributed by atoms with Crippen LogP contribution in [0.25, 0.3) is 0 Å². The molecule has 0 aromatic carbocycles. The van der Waals surface area contributed by atoms with Crippen molar-refractivity contribution in [1.82, 2.24) is 4.90 Å². The van der Waals surface area contributed by atoms with Crippen molar-refractivity contribution in [2.45, 2.75) is 32.8 Å². The van der Waals surface area contributed by atoms with Crippen molar-refractivity contribution in [3.05, 3.63) is 0 Å². The van der Waals surface area contributed by atoms with Gasteiger partial charge in [-0.3, -0.25) is 0 Å². The molecule has 1 fully saturated rings. The molecule has 0 amide bonds. The second-order valence-electron chi connectivity index (χ2n) is 4.65. The molecule has 84 valence electrons. The van der Waals surface area contributed by atoms with Gasteiger partial charge in [-0.1, -0.05) is 6.92 Å². The molecular formula is C10H19F2NO. The summed E-state index contributed by atoms with van der Waals surface area (Å²) in [5.74, 6) is -0.682. The highest BCUT2D eigenvalue weighted by Gasteiger charge is 2.46. The van der Waals surface area contributed by atoms with Gasteiger partial charge in [0.05, 0.1) is 6.10 Å². The minimum Gasteiger partial charge on any atom is -0.393 e. The third-order valence-corrected chi connectivity index (χ3v) is 3.54. The second-order valence-corrected chi connectivity index (χ2v) is 4.65. The van der Waals surface area contributed by atoms with Crippen LogP contribution in [0.2, 0.25) is 0 Å². The highest BCUT2D eigenvalue weighted by atomic mass is 19.3. The van der Waals surface area contributed by atoms with Gasteiger partial charge in [0, 0.05) is 17.9 Å². The van der Waals surface area contributed by atoms with E-state index < -0.39 is 23.9 Å². The molecule has 0 saturated carbocycles. The highest BCUT2D eigenvalue weighted by Crippen LogP contribution is 2.41. The Kier molecular flexibility index (Phi) is 3.48. The van der Waals surface area contributed by atoms with Gasteiger partial charge in [-0.25, -0.2) is 8.78 Å². The molecule has 1 saturated heterocycles. The summed E-state index contributed by atoms with van der Waals surface area (Å²) < 4.78 is 25.5. The monoisotopic (exact) mass is 207 g/mol. The number of likely N-dealkylation sites (tertiary alicyclic amines) is 1. The second kappa shape index (κ2) is 4.11. The van der Waals surface area contributed by atoms with Crippen molar-refractivity contribution in [1.29, 1.82) is 0 Å². The third kappa shape index (κ3) is 2.06. The van der Waals surface area contributed by atoms with Crippen LogP contribution < -0.4 is 0 Å². The van der Waals surface area contributed by atoms with E-state index >= 15 is 0 Å². The van der Waals surface area contributed by atoms with Crippen LogP contribution in [0.3, 0.4) is 0 Å². The van der Waals surface area contributed by atoms with Gasteiger partial charge in [0.2, 0.25) is 6.43 Å². The van der Waals surface area contributed by atoms with Gasteiger partial charge in [0.1, 0.15) is 0 Å². The fourth-order valence-electron chi connectivity index (χ4n) is 2.32. The van der Waals surface area contributed by atoms with Gasteiger partial charge in [0.25, 0.3) is 0 Å². The number of nitrogens with zero attached hydrogens (tertiary/aromatic N) is 1. The predicted molar refractivity (Wildman–Crippen MR) is 51.4 cm³/mol.